The van der Waals surface area contributed by atoms with Crippen LogP contribution in [0.15, 0.2) is 84.9 Å². The SMILES string of the molecule is Cc1cccc(CNC(=O)C2CC(c3ccccc3)CN(Cc3ccccc3)C2)c1. The van der Waals surface area contributed by atoms with Crippen LogP contribution in [0, 0.1) is 12.8 Å². The van der Waals surface area contributed by atoms with Crippen LogP contribution < -0.4 is 5.32 Å². The van der Waals surface area contributed by atoms with E-state index in [4.69, 9.17) is 0 Å². The van der Waals surface area contributed by atoms with Gasteiger partial charge in [-0.15, -0.1) is 0 Å². The molecule has 1 fully saturated rings. The van der Waals surface area contributed by atoms with Crippen LogP contribution in [0.5, 0.6) is 0 Å². The number of benzene rings is 3. The van der Waals surface area contributed by atoms with E-state index in [0.29, 0.717) is 12.5 Å². The molecule has 3 nitrogen and oxygen atoms in total. The van der Waals surface area contributed by atoms with Crippen LogP contribution in [0.25, 0.3) is 0 Å². The Morgan fingerprint density at radius 2 is 1.60 bits per heavy atom. The molecular formula is C27H30N2O. The number of nitrogens with zero attached hydrogens (tertiary/aromatic N) is 1. The Morgan fingerprint density at radius 3 is 2.33 bits per heavy atom. The predicted octanol–water partition coefficient (Wildman–Crippen LogP) is 4.92. The summed E-state index contributed by atoms with van der Waals surface area (Å²) in [6.45, 7) is 5.34. The van der Waals surface area contributed by atoms with Crippen LogP contribution >= 0.6 is 0 Å². The average molecular weight is 399 g/mol. The zero-order valence-corrected chi connectivity index (χ0v) is 17.6. The lowest BCUT2D eigenvalue weighted by Crippen LogP contribution is -2.45. The Hall–Kier alpha value is -2.91. The first-order chi connectivity index (χ1) is 14.7. The van der Waals surface area contributed by atoms with Gasteiger partial charge in [0.25, 0.3) is 0 Å². The van der Waals surface area contributed by atoms with E-state index < -0.39 is 0 Å². The Balaban J connectivity index is 1.46. The van der Waals surface area contributed by atoms with Crippen molar-refractivity contribution in [2.24, 2.45) is 5.92 Å². The summed E-state index contributed by atoms with van der Waals surface area (Å²) in [4.78, 5) is 15.5. The number of hydrogen-bond acceptors (Lipinski definition) is 2. The lowest BCUT2D eigenvalue weighted by Gasteiger charge is -2.37. The highest BCUT2D eigenvalue weighted by molar-refractivity contribution is 5.79. The predicted molar refractivity (Wildman–Crippen MR) is 122 cm³/mol. The number of aryl methyl sites for hydroxylation is 1. The second kappa shape index (κ2) is 9.73. The second-order valence-electron chi connectivity index (χ2n) is 8.43. The number of nitrogens with one attached hydrogen (secondary N) is 1. The molecule has 4 rings (SSSR count). The van der Waals surface area contributed by atoms with Crippen molar-refractivity contribution in [3.8, 4) is 0 Å². The molecule has 1 heterocycles. The molecule has 1 N–H and O–H groups in total. The molecule has 2 unspecified atom stereocenters. The lowest BCUT2D eigenvalue weighted by molar-refractivity contribution is -0.127. The second-order valence-corrected chi connectivity index (χ2v) is 8.43. The summed E-state index contributed by atoms with van der Waals surface area (Å²) < 4.78 is 0. The maximum absolute atomic E-state index is 13.1. The zero-order valence-electron chi connectivity index (χ0n) is 17.6. The zero-order chi connectivity index (χ0) is 20.8. The maximum Gasteiger partial charge on any atom is 0.224 e. The molecule has 1 aliphatic heterocycles. The fraction of sp³-hybridized carbons (Fsp3) is 0.296. The molecule has 1 aliphatic rings. The van der Waals surface area contributed by atoms with Gasteiger partial charge in [0.1, 0.15) is 0 Å². The van der Waals surface area contributed by atoms with E-state index >= 15 is 0 Å². The minimum atomic E-state index is -0.00234. The number of carbonyl (C=O) groups is 1. The van der Waals surface area contributed by atoms with Crippen LogP contribution in [0.1, 0.15) is 34.6 Å². The summed E-state index contributed by atoms with van der Waals surface area (Å²) in [5, 5.41) is 3.19. The molecule has 1 amide bonds. The van der Waals surface area contributed by atoms with Gasteiger partial charge in [-0.2, -0.15) is 0 Å². The van der Waals surface area contributed by atoms with E-state index in [2.05, 4.69) is 89.9 Å². The van der Waals surface area contributed by atoms with Crippen molar-refractivity contribution in [2.75, 3.05) is 13.1 Å². The minimum Gasteiger partial charge on any atom is -0.352 e. The molecule has 0 spiro atoms. The molecule has 0 aliphatic carbocycles. The van der Waals surface area contributed by atoms with Gasteiger partial charge in [0.15, 0.2) is 0 Å². The third-order valence-corrected chi connectivity index (χ3v) is 5.97. The third-order valence-electron chi connectivity index (χ3n) is 5.97. The largest absolute Gasteiger partial charge is 0.352 e. The topological polar surface area (TPSA) is 32.3 Å². The highest BCUT2D eigenvalue weighted by atomic mass is 16.1. The molecule has 0 aromatic heterocycles. The van der Waals surface area contributed by atoms with Crippen molar-refractivity contribution in [2.45, 2.75) is 32.4 Å². The van der Waals surface area contributed by atoms with Crippen LogP contribution in [-0.2, 0) is 17.9 Å². The van der Waals surface area contributed by atoms with E-state index in [1.165, 1.54) is 16.7 Å². The summed E-state index contributed by atoms with van der Waals surface area (Å²) in [7, 11) is 0. The smallest absolute Gasteiger partial charge is 0.224 e. The first kappa shape index (κ1) is 20.4. The van der Waals surface area contributed by atoms with Crippen LogP contribution in [0.4, 0.5) is 0 Å². The van der Waals surface area contributed by atoms with Gasteiger partial charge in [0.05, 0.1) is 5.92 Å². The normalized spacial score (nSPS) is 19.4. The molecule has 3 heteroatoms. The molecule has 0 saturated carbocycles. The minimum absolute atomic E-state index is 0.00234. The molecule has 3 aromatic rings. The molecule has 3 aromatic carbocycles. The highest BCUT2D eigenvalue weighted by Gasteiger charge is 2.32. The van der Waals surface area contributed by atoms with E-state index in [1.54, 1.807) is 0 Å². The van der Waals surface area contributed by atoms with Crippen molar-refractivity contribution in [3.05, 3.63) is 107 Å². The van der Waals surface area contributed by atoms with Crippen LogP contribution in [0.3, 0.4) is 0 Å². The standard InChI is InChI=1S/C27H30N2O/c1-21-9-8-12-23(15-21)17-28-27(30)26-16-25(24-13-6-3-7-14-24)19-29(20-26)18-22-10-4-2-5-11-22/h2-15,25-26H,16-20H2,1H3,(H,28,30). The van der Waals surface area contributed by atoms with Crippen molar-refractivity contribution in [3.63, 3.8) is 0 Å². The van der Waals surface area contributed by atoms with Gasteiger partial charge in [-0.3, -0.25) is 9.69 Å². The summed E-state index contributed by atoms with van der Waals surface area (Å²) in [6, 6.07) is 29.5. The van der Waals surface area contributed by atoms with Crippen LogP contribution in [0.2, 0.25) is 0 Å². The highest BCUT2D eigenvalue weighted by Crippen LogP contribution is 2.31. The Kier molecular flexibility index (Phi) is 6.60. The molecular weight excluding hydrogens is 368 g/mol. The molecule has 0 radical (unpaired) electrons. The number of hydrogen-bond donors (Lipinski definition) is 1. The Labute approximate surface area is 179 Å². The van der Waals surface area contributed by atoms with Crippen molar-refractivity contribution >= 4 is 5.91 Å². The summed E-state index contributed by atoms with van der Waals surface area (Å²) in [5.74, 6) is 0.533. The van der Waals surface area contributed by atoms with E-state index in [1.807, 2.05) is 12.1 Å². The molecule has 1 saturated heterocycles. The summed E-state index contributed by atoms with van der Waals surface area (Å²) in [5.41, 5.74) is 4.99. The molecule has 0 bridgehead atoms. The monoisotopic (exact) mass is 398 g/mol. The average Bonchev–Trinajstić information content (AvgIpc) is 2.78. The first-order valence-electron chi connectivity index (χ1n) is 10.8. The molecule has 154 valence electrons. The quantitative estimate of drug-likeness (QED) is 0.639. The van der Waals surface area contributed by atoms with Gasteiger partial charge >= 0.3 is 0 Å². The van der Waals surface area contributed by atoms with Gasteiger partial charge in [-0.25, -0.2) is 0 Å². The number of rotatable bonds is 6. The molecule has 2 atom stereocenters. The van der Waals surface area contributed by atoms with Gasteiger partial charge < -0.3 is 5.32 Å². The third kappa shape index (κ3) is 5.37. The van der Waals surface area contributed by atoms with Gasteiger partial charge in [-0.1, -0.05) is 90.5 Å². The summed E-state index contributed by atoms with van der Waals surface area (Å²) >= 11 is 0. The van der Waals surface area contributed by atoms with E-state index in [0.717, 1.165) is 31.6 Å². The van der Waals surface area contributed by atoms with Gasteiger partial charge in [0.2, 0.25) is 5.91 Å². The number of likely N-dealkylation sites (tertiary alicyclic amines) is 1. The van der Waals surface area contributed by atoms with E-state index in [-0.39, 0.29) is 11.8 Å². The number of carbonyl (C=O) groups excluding carboxylic acids is 1. The fourth-order valence-electron chi connectivity index (χ4n) is 4.47. The summed E-state index contributed by atoms with van der Waals surface area (Å²) in [6.07, 6.45) is 0.898. The van der Waals surface area contributed by atoms with Crippen molar-refractivity contribution in [1.29, 1.82) is 0 Å². The fourth-order valence-corrected chi connectivity index (χ4v) is 4.47. The van der Waals surface area contributed by atoms with Gasteiger partial charge in [0, 0.05) is 26.2 Å². The maximum atomic E-state index is 13.1. The van der Waals surface area contributed by atoms with Crippen molar-refractivity contribution < 1.29 is 4.79 Å². The Morgan fingerprint density at radius 1 is 0.900 bits per heavy atom. The van der Waals surface area contributed by atoms with Crippen LogP contribution in [-0.4, -0.2) is 23.9 Å². The first-order valence-corrected chi connectivity index (χ1v) is 10.8. The lowest BCUT2D eigenvalue weighted by atomic mass is 9.84. The van der Waals surface area contributed by atoms with Crippen molar-refractivity contribution in [1.82, 2.24) is 10.2 Å². The van der Waals surface area contributed by atoms with Gasteiger partial charge in [-0.05, 0) is 36.0 Å². The number of amides is 1. The number of piperidine rings is 1. The van der Waals surface area contributed by atoms with E-state index in [9.17, 15) is 4.79 Å². The Bertz CT molecular complexity index is 955. The molecule has 30 heavy (non-hydrogen) atoms.